The predicted octanol–water partition coefficient (Wildman–Crippen LogP) is 4.83. The zero-order valence-electron chi connectivity index (χ0n) is 18.2. The van der Waals surface area contributed by atoms with Crippen LogP contribution in [0.5, 0.6) is 0 Å². The van der Waals surface area contributed by atoms with Crippen LogP contribution in [0.1, 0.15) is 41.6 Å². The van der Waals surface area contributed by atoms with E-state index in [4.69, 9.17) is 16.3 Å². The third kappa shape index (κ3) is 5.17. The van der Waals surface area contributed by atoms with Gasteiger partial charge in [-0.05, 0) is 49.2 Å². The van der Waals surface area contributed by atoms with Crippen LogP contribution in [-0.2, 0) is 25.3 Å². The number of hydrogen-bond acceptors (Lipinski definition) is 5. The normalized spacial score (nSPS) is 19.9. The molecule has 1 N–H and O–H groups in total. The van der Waals surface area contributed by atoms with E-state index in [2.05, 4.69) is 5.32 Å². The molecule has 2 fully saturated rings. The molecule has 1 saturated carbocycles. The Balaban J connectivity index is 1.41. The number of imide groups is 1. The van der Waals surface area contributed by atoms with Crippen LogP contribution in [0.3, 0.4) is 0 Å². The lowest BCUT2D eigenvalue weighted by Gasteiger charge is -2.19. The van der Waals surface area contributed by atoms with E-state index in [0.29, 0.717) is 18.9 Å². The summed E-state index contributed by atoms with van der Waals surface area (Å²) in [4.78, 5) is 51.3. The Hall–Kier alpha value is -3.40. The van der Waals surface area contributed by atoms with Crippen LogP contribution in [0.15, 0.2) is 42.5 Å². The third-order valence-corrected chi connectivity index (χ3v) is 6.41. The first-order chi connectivity index (χ1) is 16.6. The van der Waals surface area contributed by atoms with Crippen molar-refractivity contribution >= 4 is 46.7 Å². The first-order valence-corrected chi connectivity index (χ1v) is 11.3. The van der Waals surface area contributed by atoms with Gasteiger partial charge in [0.2, 0.25) is 11.8 Å². The van der Waals surface area contributed by atoms with Crippen LogP contribution in [0.2, 0.25) is 5.02 Å². The van der Waals surface area contributed by atoms with Crippen molar-refractivity contribution in [2.75, 3.05) is 16.8 Å². The number of fused-ring (bicyclic) bond motifs is 1. The molecule has 7 nitrogen and oxygen atoms in total. The Morgan fingerprint density at radius 2 is 1.69 bits per heavy atom. The van der Waals surface area contributed by atoms with E-state index in [1.54, 1.807) is 0 Å². The van der Waals surface area contributed by atoms with E-state index in [-0.39, 0.29) is 45.6 Å². The molecule has 1 aliphatic carbocycles. The summed E-state index contributed by atoms with van der Waals surface area (Å²) in [5.41, 5.74) is -1.04. The van der Waals surface area contributed by atoms with Crippen molar-refractivity contribution in [1.29, 1.82) is 0 Å². The average Bonchev–Trinajstić information content (AvgIpc) is 3.08. The standard InChI is InChI=1S/C24H20ClF3N2O5/c25-18-9-8-14(24(26,27)28)11-19(18)29-20(31)12-35-23(34)13-4-3-5-15(10-13)30-21(32)16-6-1-2-7-17(16)22(30)33/h3-5,8-11,16-17H,1-2,6-7,12H2,(H,29,31)/t16-,17-/m1/s1. The van der Waals surface area contributed by atoms with E-state index in [9.17, 15) is 32.3 Å². The molecule has 11 heteroatoms. The maximum atomic E-state index is 12.9. The fourth-order valence-corrected chi connectivity index (χ4v) is 4.55. The van der Waals surface area contributed by atoms with E-state index in [1.165, 1.54) is 24.3 Å². The van der Waals surface area contributed by atoms with Gasteiger partial charge in [0, 0.05) is 0 Å². The Bertz CT molecular complexity index is 1180. The van der Waals surface area contributed by atoms with Crippen molar-refractivity contribution in [3.8, 4) is 0 Å². The summed E-state index contributed by atoms with van der Waals surface area (Å²) >= 11 is 5.85. The second-order valence-corrected chi connectivity index (χ2v) is 8.78. The molecular weight excluding hydrogens is 489 g/mol. The van der Waals surface area contributed by atoms with E-state index in [0.717, 1.165) is 29.9 Å². The number of carbonyl (C=O) groups excluding carboxylic acids is 4. The molecule has 2 aromatic carbocycles. The molecule has 0 bridgehead atoms. The minimum atomic E-state index is -4.63. The molecule has 0 radical (unpaired) electrons. The summed E-state index contributed by atoms with van der Waals surface area (Å²) in [6.45, 7) is -0.790. The van der Waals surface area contributed by atoms with Gasteiger partial charge in [0.15, 0.2) is 6.61 Å². The van der Waals surface area contributed by atoms with Crippen molar-refractivity contribution in [3.05, 3.63) is 58.6 Å². The maximum absolute atomic E-state index is 12.9. The Labute approximate surface area is 203 Å². The molecule has 184 valence electrons. The van der Waals surface area contributed by atoms with Gasteiger partial charge in [-0.25, -0.2) is 4.79 Å². The van der Waals surface area contributed by atoms with Crippen LogP contribution in [0.4, 0.5) is 24.5 Å². The van der Waals surface area contributed by atoms with Crippen LogP contribution in [-0.4, -0.2) is 30.3 Å². The first-order valence-electron chi connectivity index (χ1n) is 10.9. The van der Waals surface area contributed by atoms with Crippen molar-refractivity contribution in [3.63, 3.8) is 0 Å². The second kappa shape index (κ2) is 9.69. The highest BCUT2D eigenvalue weighted by atomic mass is 35.5. The van der Waals surface area contributed by atoms with Gasteiger partial charge >= 0.3 is 12.1 Å². The predicted molar refractivity (Wildman–Crippen MR) is 120 cm³/mol. The maximum Gasteiger partial charge on any atom is 0.416 e. The van der Waals surface area contributed by atoms with Crippen molar-refractivity contribution < 1.29 is 37.1 Å². The number of hydrogen-bond donors (Lipinski definition) is 1. The number of halogens is 4. The smallest absolute Gasteiger partial charge is 0.416 e. The zero-order chi connectivity index (χ0) is 25.3. The SMILES string of the molecule is O=C(COC(=O)c1cccc(N2C(=O)[C@@H]3CCCC[C@H]3C2=O)c1)Nc1cc(C(F)(F)F)ccc1Cl. The number of alkyl halides is 3. The molecule has 0 unspecified atom stereocenters. The van der Waals surface area contributed by atoms with Crippen molar-refractivity contribution in [1.82, 2.24) is 0 Å². The summed E-state index contributed by atoms with van der Waals surface area (Å²) in [5.74, 6) is -3.08. The topological polar surface area (TPSA) is 92.8 Å². The summed E-state index contributed by atoms with van der Waals surface area (Å²) in [7, 11) is 0. The highest BCUT2D eigenvalue weighted by Crippen LogP contribution is 2.40. The Morgan fingerprint density at radius 1 is 1.03 bits per heavy atom. The molecule has 0 spiro atoms. The molecule has 1 aliphatic heterocycles. The van der Waals surface area contributed by atoms with Gasteiger partial charge in [-0.1, -0.05) is 30.5 Å². The number of esters is 1. The number of rotatable bonds is 5. The molecule has 3 amide bonds. The van der Waals surface area contributed by atoms with Crippen LogP contribution in [0, 0.1) is 11.8 Å². The van der Waals surface area contributed by atoms with Gasteiger partial charge in [-0.3, -0.25) is 19.3 Å². The highest BCUT2D eigenvalue weighted by Gasteiger charge is 2.48. The summed E-state index contributed by atoms with van der Waals surface area (Å²) < 4.78 is 43.6. The van der Waals surface area contributed by atoms with E-state index < -0.39 is 30.2 Å². The summed E-state index contributed by atoms with van der Waals surface area (Å²) in [5, 5.41) is 2.06. The van der Waals surface area contributed by atoms with Crippen LogP contribution >= 0.6 is 11.6 Å². The van der Waals surface area contributed by atoms with Crippen molar-refractivity contribution in [2.24, 2.45) is 11.8 Å². The zero-order valence-corrected chi connectivity index (χ0v) is 19.0. The lowest BCUT2D eigenvalue weighted by Crippen LogP contribution is -2.31. The monoisotopic (exact) mass is 508 g/mol. The van der Waals surface area contributed by atoms with Crippen LogP contribution in [0.25, 0.3) is 0 Å². The van der Waals surface area contributed by atoms with Crippen molar-refractivity contribution in [2.45, 2.75) is 31.9 Å². The van der Waals surface area contributed by atoms with Gasteiger partial charge in [0.1, 0.15) is 0 Å². The number of carbonyl (C=O) groups is 4. The molecule has 35 heavy (non-hydrogen) atoms. The van der Waals surface area contributed by atoms with E-state index >= 15 is 0 Å². The lowest BCUT2D eigenvalue weighted by atomic mass is 9.81. The molecule has 0 aromatic heterocycles. The van der Waals surface area contributed by atoms with Gasteiger partial charge in [0.25, 0.3) is 5.91 Å². The Morgan fingerprint density at radius 3 is 2.31 bits per heavy atom. The quantitative estimate of drug-likeness (QED) is 0.461. The fourth-order valence-electron chi connectivity index (χ4n) is 4.39. The van der Waals surface area contributed by atoms with Crippen LogP contribution < -0.4 is 10.2 Å². The molecule has 4 rings (SSSR count). The fraction of sp³-hybridized carbons (Fsp3) is 0.333. The number of nitrogens with zero attached hydrogens (tertiary/aromatic N) is 1. The largest absolute Gasteiger partial charge is 0.452 e. The molecular formula is C24H20ClF3N2O5. The number of anilines is 2. The first kappa shape index (κ1) is 24.7. The summed E-state index contributed by atoms with van der Waals surface area (Å²) in [6, 6.07) is 8.18. The number of benzene rings is 2. The number of amides is 3. The highest BCUT2D eigenvalue weighted by molar-refractivity contribution is 6.33. The molecule has 1 saturated heterocycles. The minimum absolute atomic E-state index is 0.00266. The van der Waals surface area contributed by atoms with E-state index in [1.807, 2.05) is 0 Å². The molecule has 1 heterocycles. The number of ether oxygens (including phenoxy) is 1. The number of nitrogens with one attached hydrogen (secondary N) is 1. The third-order valence-electron chi connectivity index (χ3n) is 6.08. The van der Waals surface area contributed by atoms with Gasteiger partial charge in [0.05, 0.1) is 39.4 Å². The molecule has 2 atom stereocenters. The second-order valence-electron chi connectivity index (χ2n) is 8.38. The summed E-state index contributed by atoms with van der Waals surface area (Å²) in [6.07, 6.45) is -1.56. The van der Waals surface area contributed by atoms with Gasteiger partial charge in [-0.15, -0.1) is 0 Å². The molecule has 2 aromatic rings. The van der Waals surface area contributed by atoms with Gasteiger partial charge in [-0.2, -0.15) is 13.2 Å². The minimum Gasteiger partial charge on any atom is -0.452 e. The Kier molecular flexibility index (Phi) is 6.84. The molecule has 2 aliphatic rings. The van der Waals surface area contributed by atoms with Gasteiger partial charge < -0.3 is 10.1 Å². The average molecular weight is 509 g/mol. The lowest BCUT2D eigenvalue weighted by molar-refractivity contribution is -0.137.